The van der Waals surface area contributed by atoms with E-state index in [0.29, 0.717) is 6.61 Å². The van der Waals surface area contributed by atoms with Crippen molar-refractivity contribution in [3.8, 4) is 5.88 Å². The summed E-state index contributed by atoms with van der Waals surface area (Å²) in [5, 5.41) is 1.14. The smallest absolute Gasteiger partial charge is 0.225 e. The summed E-state index contributed by atoms with van der Waals surface area (Å²) in [6.07, 6.45) is 5.14. The standard InChI is InChI=1S/C19H20N2OS/c1-12-3-6-14(7-4-12)10-22-18-17-15-8-5-13(2)9-16(15)23-19(17)21-11-20-18/h3-4,6-7,11,13H,5,8-10H2,1-2H3. The Morgan fingerprint density at radius 2 is 2.04 bits per heavy atom. The quantitative estimate of drug-likeness (QED) is 0.700. The van der Waals surface area contributed by atoms with Gasteiger partial charge in [0.1, 0.15) is 17.8 Å². The zero-order chi connectivity index (χ0) is 15.8. The highest BCUT2D eigenvalue weighted by Crippen LogP contribution is 2.40. The molecule has 23 heavy (non-hydrogen) atoms. The van der Waals surface area contributed by atoms with E-state index in [1.807, 2.05) is 11.3 Å². The average molecular weight is 324 g/mol. The molecule has 0 saturated heterocycles. The van der Waals surface area contributed by atoms with Crippen LogP contribution in [0.2, 0.25) is 0 Å². The van der Waals surface area contributed by atoms with Crippen LogP contribution in [0.5, 0.6) is 5.88 Å². The monoisotopic (exact) mass is 324 g/mol. The van der Waals surface area contributed by atoms with Crippen molar-refractivity contribution in [2.45, 2.75) is 39.7 Å². The lowest BCUT2D eigenvalue weighted by atomic mass is 9.89. The molecule has 0 fully saturated rings. The third kappa shape index (κ3) is 2.83. The third-order valence-electron chi connectivity index (χ3n) is 4.55. The molecule has 3 aromatic rings. The van der Waals surface area contributed by atoms with Gasteiger partial charge in [-0.3, -0.25) is 0 Å². The first-order valence-corrected chi connectivity index (χ1v) is 8.96. The second kappa shape index (κ2) is 5.93. The highest BCUT2D eigenvalue weighted by molar-refractivity contribution is 7.18. The number of aryl methyl sites for hydroxylation is 2. The Morgan fingerprint density at radius 1 is 1.22 bits per heavy atom. The SMILES string of the molecule is Cc1ccc(COc2ncnc3sc4c(c23)CCC(C)C4)cc1. The molecular formula is C19H20N2OS. The highest BCUT2D eigenvalue weighted by Gasteiger charge is 2.23. The molecule has 0 radical (unpaired) electrons. The predicted octanol–water partition coefficient (Wildman–Crippen LogP) is 4.70. The number of hydrogen-bond donors (Lipinski definition) is 0. The summed E-state index contributed by atoms with van der Waals surface area (Å²) in [6.45, 7) is 4.97. The predicted molar refractivity (Wildman–Crippen MR) is 94.1 cm³/mol. The molecule has 4 rings (SSSR count). The van der Waals surface area contributed by atoms with Gasteiger partial charge in [-0.05, 0) is 43.2 Å². The van der Waals surface area contributed by atoms with Crippen LogP contribution in [0, 0.1) is 12.8 Å². The van der Waals surface area contributed by atoms with Crippen LogP contribution in [0.1, 0.15) is 34.9 Å². The van der Waals surface area contributed by atoms with E-state index in [2.05, 4.69) is 48.1 Å². The Kier molecular flexibility index (Phi) is 3.77. The van der Waals surface area contributed by atoms with Gasteiger partial charge in [0.05, 0.1) is 5.39 Å². The summed E-state index contributed by atoms with van der Waals surface area (Å²) < 4.78 is 6.05. The Hall–Kier alpha value is -1.94. The van der Waals surface area contributed by atoms with Gasteiger partial charge in [0.25, 0.3) is 0 Å². The lowest BCUT2D eigenvalue weighted by molar-refractivity contribution is 0.297. The fourth-order valence-electron chi connectivity index (χ4n) is 3.19. The van der Waals surface area contributed by atoms with Crippen LogP contribution in [0.15, 0.2) is 30.6 Å². The molecule has 0 amide bonds. The Labute approximate surface area is 140 Å². The number of rotatable bonds is 3. The molecule has 2 heterocycles. The highest BCUT2D eigenvalue weighted by atomic mass is 32.1. The van der Waals surface area contributed by atoms with Gasteiger partial charge in [-0.2, -0.15) is 0 Å². The number of thiophene rings is 1. The van der Waals surface area contributed by atoms with E-state index in [0.717, 1.165) is 34.9 Å². The molecule has 1 unspecified atom stereocenters. The van der Waals surface area contributed by atoms with Crippen LogP contribution in [0.4, 0.5) is 0 Å². The van der Waals surface area contributed by atoms with Crippen LogP contribution in [-0.2, 0) is 19.4 Å². The van der Waals surface area contributed by atoms with E-state index >= 15 is 0 Å². The maximum atomic E-state index is 6.05. The van der Waals surface area contributed by atoms with Crippen molar-refractivity contribution in [2.24, 2.45) is 5.92 Å². The van der Waals surface area contributed by atoms with E-state index in [-0.39, 0.29) is 0 Å². The van der Waals surface area contributed by atoms with Crippen LogP contribution in [0.3, 0.4) is 0 Å². The summed E-state index contributed by atoms with van der Waals surface area (Å²) >= 11 is 1.81. The topological polar surface area (TPSA) is 35.0 Å². The molecular weight excluding hydrogens is 304 g/mol. The van der Waals surface area contributed by atoms with Gasteiger partial charge < -0.3 is 4.74 Å². The summed E-state index contributed by atoms with van der Waals surface area (Å²) in [5.74, 6) is 1.50. The number of ether oxygens (including phenoxy) is 1. The Balaban J connectivity index is 1.66. The van der Waals surface area contributed by atoms with E-state index in [4.69, 9.17) is 4.74 Å². The van der Waals surface area contributed by atoms with Crippen molar-refractivity contribution in [3.05, 3.63) is 52.2 Å². The molecule has 118 valence electrons. The minimum absolute atomic E-state index is 0.549. The maximum absolute atomic E-state index is 6.05. The Morgan fingerprint density at radius 3 is 2.87 bits per heavy atom. The van der Waals surface area contributed by atoms with Gasteiger partial charge in [-0.15, -0.1) is 11.3 Å². The third-order valence-corrected chi connectivity index (χ3v) is 5.72. The molecule has 1 aliphatic rings. The molecule has 2 aromatic heterocycles. The molecule has 0 spiro atoms. The first-order valence-electron chi connectivity index (χ1n) is 8.14. The minimum atomic E-state index is 0.549. The van der Waals surface area contributed by atoms with E-state index in [1.165, 1.54) is 28.0 Å². The minimum Gasteiger partial charge on any atom is -0.472 e. The summed E-state index contributed by atoms with van der Waals surface area (Å²) in [4.78, 5) is 11.4. The van der Waals surface area contributed by atoms with Crippen molar-refractivity contribution in [3.63, 3.8) is 0 Å². The van der Waals surface area contributed by atoms with Crippen LogP contribution in [-0.4, -0.2) is 9.97 Å². The molecule has 1 aliphatic carbocycles. The summed E-state index contributed by atoms with van der Waals surface area (Å²) in [6, 6.07) is 8.45. The number of nitrogens with zero attached hydrogens (tertiary/aromatic N) is 2. The largest absolute Gasteiger partial charge is 0.472 e. The first kappa shape index (κ1) is 14.6. The van der Waals surface area contributed by atoms with Crippen molar-refractivity contribution in [1.82, 2.24) is 9.97 Å². The molecule has 0 bridgehead atoms. The van der Waals surface area contributed by atoms with Gasteiger partial charge >= 0.3 is 0 Å². The molecule has 0 saturated carbocycles. The van der Waals surface area contributed by atoms with Crippen LogP contribution < -0.4 is 4.74 Å². The van der Waals surface area contributed by atoms with Crippen LogP contribution in [0.25, 0.3) is 10.2 Å². The number of benzene rings is 1. The summed E-state index contributed by atoms with van der Waals surface area (Å²) in [5.41, 5.74) is 3.85. The average Bonchev–Trinajstić information content (AvgIpc) is 2.92. The maximum Gasteiger partial charge on any atom is 0.225 e. The van der Waals surface area contributed by atoms with Gasteiger partial charge in [-0.1, -0.05) is 36.8 Å². The van der Waals surface area contributed by atoms with Gasteiger partial charge in [0, 0.05) is 4.88 Å². The van der Waals surface area contributed by atoms with Gasteiger partial charge in [0.15, 0.2) is 0 Å². The van der Waals surface area contributed by atoms with Crippen molar-refractivity contribution in [2.75, 3.05) is 0 Å². The van der Waals surface area contributed by atoms with Gasteiger partial charge in [0.2, 0.25) is 5.88 Å². The second-order valence-electron chi connectivity index (χ2n) is 6.49. The lowest BCUT2D eigenvalue weighted by Gasteiger charge is -2.18. The van der Waals surface area contributed by atoms with Crippen molar-refractivity contribution < 1.29 is 4.74 Å². The fourth-order valence-corrected chi connectivity index (χ4v) is 4.53. The van der Waals surface area contributed by atoms with E-state index in [9.17, 15) is 0 Å². The molecule has 1 aromatic carbocycles. The lowest BCUT2D eigenvalue weighted by Crippen LogP contribution is -2.09. The fraction of sp³-hybridized carbons (Fsp3) is 0.368. The molecule has 0 N–H and O–H groups in total. The second-order valence-corrected chi connectivity index (χ2v) is 7.57. The number of hydrogen-bond acceptors (Lipinski definition) is 4. The van der Waals surface area contributed by atoms with Crippen molar-refractivity contribution >= 4 is 21.6 Å². The zero-order valence-electron chi connectivity index (χ0n) is 13.5. The Bertz CT molecular complexity index is 838. The molecule has 3 nitrogen and oxygen atoms in total. The first-order chi connectivity index (χ1) is 11.2. The van der Waals surface area contributed by atoms with E-state index < -0.39 is 0 Å². The van der Waals surface area contributed by atoms with E-state index in [1.54, 1.807) is 6.33 Å². The van der Waals surface area contributed by atoms with Crippen LogP contribution >= 0.6 is 11.3 Å². The molecule has 0 aliphatic heterocycles. The summed E-state index contributed by atoms with van der Waals surface area (Å²) in [7, 11) is 0. The zero-order valence-corrected chi connectivity index (χ0v) is 14.3. The van der Waals surface area contributed by atoms with Gasteiger partial charge in [-0.25, -0.2) is 9.97 Å². The normalized spacial score (nSPS) is 17.2. The van der Waals surface area contributed by atoms with Crippen molar-refractivity contribution in [1.29, 1.82) is 0 Å². The number of fused-ring (bicyclic) bond motifs is 3. The number of aromatic nitrogens is 2. The molecule has 1 atom stereocenters. The molecule has 4 heteroatoms.